The Morgan fingerprint density at radius 1 is 1.09 bits per heavy atom. The topological polar surface area (TPSA) is 81.2 Å². The second-order valence-corrected chi connectivity index (χ2v) is 8.43. The van der Waals surface area contributed by atoms with Crippen molar-refractivity contribution in [3.8, 4) is 11.5 Å². The van der Waals surface area contributed by atoms with Crippen LogP contribution < -0.4 is 9.47 Å². The van der Waals surface area contributed by atoms with Crippen molar-refractivity contribution in [1.82, 2.24) is 14.8 Å². The van der Waals surface area contributed by atoms with E-state index in [4.69, 9.17) is 14.2 Å². The van der Waals surface area contributed by atoms with Gasteiger partial charge in [-0.3, -0.25) is 14.6 Å². The lowest BCUT2D eigenvalue weighted by Crippen LogP contribution is -2.31. The van der Waals surface area contributed by atoms with Crippen molar-refractivity contribution < 1.29 is 23.8 Å². The lowest BCUT2D eigenvalue weighted by Gasteiger charge is -2.24. The first-order valence-electron chi connectivity index (χ1n) is 11.2. The van der Waals surface area contributed by atoms with E-state index >= 15 is 0 Å². The van der Waals surface area contributed by atoms with Crippen LogP contribution in [0.3, 0.4) is 0 Å². The Morgan fingerprint density at radius 2 is 1.88 bits per heavy atom. The Morgan fingerprint density at radius 3 is 2.55 bits per heavy atom. The van der Waals surface area contributed by atoms with Gasteiger partial charge in [-0.05, 0) is 35.7 Å². The van der Waals surface area contributed by atoms with Crippen LogP contribution >= 0.6 is 0 Å². The predicted molar refractivity (Wildman–Crippen MR) is 124 cm³/mol. The molecule has 0 saturated carbocycles. The van der Waals surface area contributed by atoms with Crippen molar-refractivity contribution in [2.75, 3.05) is 41.0 Å². The van der Waals surface area contributed by atoms with Gasteiger partial charge >= 0.3 is 0 Å². The summed E-state index contributed by atoms with van der Waals surface area (Å²) in [7, 11) is 4.99. The number of pyridine rings is 1. The van der Waals surface area contributed by atoms with Gasteiger partial charge in [0.2, 0.25) is 11.8 Å². The molecule has 2 amide bonds. The summed E-state index contributed by atoms with van der Waals surface area (Å²) in [5, 5.41) is 0. The van der Waals surface area contributed by atoms with Crippen molar-refractivity contribution in [3.63, 3.8) is 0 Å². The zero-order valence-corrected chi connectivity index (χ0v) is 19.7. The molecule has 0 N–H and O–H groups in total. The van der Waals surface area contributed by atoms with Gasteiger partial charge in [-0.1, -0.05) is 12.1 Å². The van der Waals surface area contributed by atoms with Gasteiger partial charge in [0.05, 0.1) is 20.3 Å². The lowest BCUT2D eigenvalue weighted by atomic mass is 10.1. The number of ether oxygens (including phenoxy) is 3. The zero-order chi connectivity index (χ0) is 23.6. The van der Waals surface area contributed by atoms with E-state index in [0.717, 1.165) is 24.2 Å². The number of amides is 2. The molecule has 2 aromatic rings. The molecular weight excluding hydrogens is 422 g/mol. The third-order valence-electron chi connectivity index (χ3n) is 5.60. The fraction of sp³-hybridized carbons (Fsp3) is 0.480. The molecule has 1 aliphatic heterocycles. The van der Waals surface area contributed by atoms with Crippen LogP contribution in [0.25, 0.3) is 0 Å². The first kappa shape index (κ1) is 24.5. The maximum absolute atomic E-state index is 13.1. The molecule has 33 heavy (non-hydrogen) atoms. The van der Waals surface area contributed by atoms with Crippen LogP contribution in [0.2, 0.25) is 0 Å². The highest BCUT2D eigenvalue weighted by molar-refractivity contribution is 5.83. The van der Waals surface area contributed by atoms with E-state index in [1.807, 2.05) is 30.3 Å². The van der Waals surface area contributed by atoms with Crippen LogP contribution in [0.15, 0.2) is 42.7 Å². The summed E-state index contributed by atoms with van der Waals surface area (Å²) in [4.78, 5) is 32.4. The van der Waals surface area contributed by atoms with E-state index in [-0.39, 0.29) is 24.7 Å². The Kier molecular flexibility index (Phi) is 9.06. The molecule has 1 atom stereocenters. The molecule has 1 saturated heterocycles. The van der Waals surface area contributed by atoms with E-state index in [2.05, 4.69) is 4.98 Å². The summed E-state index contributed by atoms with van der Waals surface area (Å²) >= 11 is 0. The van der Waals surface area contributed by atoms with Gasteiger partial charge in [-0.2, -0.15) is 0 Å². The second-order valence-electron chi connectivity index (χ2n) is 8.43. The molecule has 0 bridgehead atoms. The Balaban J connectivity index is 1.73. The third-order valence-corrected chi connectivity index (χ3v) is 5.60. The zero-order valence-electron chi connectivity index (χ0n) is 19.7. The van der Waals surface area contributed by atoms with Crippen LogP contribution in [-0.4, -0.2) is 67.6 Å². The van der Waals surface area contributed by atoms with Gasteiger partial charge in [0.25, 0.3) is 0 Å². The van der Waals surface area contributed by atoms with Crippen molar-refractivity contribution in [2.24, 2.45) is 5.92 Å². The maximum Gasteiger partial charge on any atom is 0.223 e. The van der Waals surface area contributed by atoms with Gasteiger partial charge in [0, 0.05) is 64.9 Å². The number of benzene rings is 1. The summed E-state index contributed by atoms with van der Waals surface area (Å²) in [5.74, 6) is 1.52. The molecule has 1 aliphatic rings. The molecule has 0 aliphatic carbocycles. The maximum atomic E-state index is 13.1. The summed E-state index contributed by atoms with van der Waals surface area (Å²) < 4.78 is 16.9. The molecule has 1 aromatic carbocycles. The van der Waals surface area contributed by atoms with E-state index in [9.17, 15) is 9.59 Å². The van der Waals surface area contributed by atoms with Crippen molar-refractivity contribution in [2.45, 2.75) is 32.4 Å². The summed E-state index contributed by atoms with van der Waals surface area (Å²) in [5.41, 5.74) is 1.85. The summed E-state index contributed by atoms with van der Waals surface area (Å²) in [6.45, 7) is 2.83. The van der Waals surface area contributed by atoms with Gasteiger partial charge < -0.3 is 24.0 Å². The lowest BCUT2D eigenvalue weighted by molar-refractivity contribution is -0.136. The minimum Gasteiger partial charge on any atom is -0.493 e. The third kappa shape index (κ3) is 7.46. The molecule has 3 rings (SSSR count). The molecule has 1 unspecified atom stereocenters. The van der Waals surface area contributed by atoms with Crippen LogP contribution in [0.5, 0.6) is 11.5 Å². The van der Waals surface area contributed by atoms with Crippen LogP contribution in [0.1, 0.15) is 30.4 Å². The van der Waals surface area contributed by atoms with E-state index in [1.165, 1.54) is 4.90 Å². The highest BCUT2D eigenvalue weighted by Crippen LogP contribution is 2.30. The largest absolute Gasteiger partial charge is 0.493 e. The molecule has 1 fully saturated rings. The summed E-state index contributed by atoms with van der Waals surface area (Å²) in [6.07, 6.45) is 4.76. The monoisotopic (exact) mass is 455 g/mol. The molecular formula is C25H33N3O5. The second kappa shape index (κ2) is 12.2. The minimum absolute atomic E-state index is 0.0688. The molecule has 1 aromatic heterocycles. The average molecular weight is 456 g/mol. The predicted octanol–water partition coefficient (Wildman–Crippen LogP) is 2.90. The highest BCUT2D eigenvalue weighted by Gasteiger charge is 2.20. The van der Waals surface area contributed by atoms with Crippen LogP contribution in [0.4, 0.5) is 0 Å². The van der Waals surface area contributed by atoms with Crippen molar-refractivity contribution in [1.29, 1.82) is 0 Å². The first-order valence-corrected chi connectivity index (χ1v) is 11.2. The number of hydrogen-bond donors (Lipinski definition) is 0. The van der Waals surface area contributed by atoms with Crippen LogP contribution in [0, 0.1) is 5.92 Å². The van der Waals surface area contributed by atoms with Gasteiger partial charge in [-0.25, -0.2) is 0 Å². The quantitative estimate of drug-likeness (QED) is 0.518. The van der Waals surface area contributed by atoms with Gasteiger partial charge in [0.15, 0.2) is 11.5 Å². The molecule has 0 radical (unpaired) electrons. The molecule has 0 spiro atoms. The number of nitrogens with zero attached hydrogens (tertiary/aromatic N) is 3. The van der Waals surface area contributed by atoms with Gasteiger partial charge in [-0.15, -0.1) is 0 Å². The number of carbonyl (C=O) groups is 2. The Labute approximate surface area is 195 Å². The number of aromatic nitrogens is 1. The number of hydrogen-bond acceptors (Lipinski definition) is 6. The van der Waals surface area contributed by atoms with Crippen molar-refractivity contribution >= 4 is 11.8 Å². The smallest absolute Gasteiger partial charge is 0.223 e. The number of methoxy groups -OCH3 is 1. The number of rotatable bonds is 11. The van der Waals surface area contributed by atoms with E-state index < -0.39 is 0 Å². The SMILES string of the molecule is COc1ccc(CN(Cc2cccnc2)C(=O)CCC(=O)N(C)C)cc1OCC1CCOC1. The Hall–Kier alpha value is -3.13. The normalized spacial score (nSPS) is 15.2. The fourth-order valence-corrected chi connectivity index (χ4v) is 3.61. The van der Waals surface area contributed by atoms with Crippen molar-refractivity contribution in [3.05, 3.63) is 53.9 Å². The first-order chi connectivity index (χ1) is 16.0. The highest BCUT2D eigenvalue weighted by atomic mass is 16.5. The minimum atomic E-state index is -0.0876. The molecule has 8 heteroatoms. The fourth-order valence-electron chi connectivity index (χ4n) is 3.61. The van der Waals surface area contributed by atoms with Gasteiger partial charge in [0.1, 0.15) is 0 Å². The van der Waals surface area contributed by atoms with E-state index in [1.54, 1.807) is 38.5 Å². The van der Waals surface area contributed by atoms with Crippen LogP contribution in [-0.2, 0) is 27.4 Å². The molecule has 178 valence electrons. The summed E-state index contributed by atoms with van der Waals surface area (Å²) in [6, 6.07) is 9.49. The molecule has 2 heterocycles. The van der Waals surface area contributed by atoms with E-state index in [0.29, 0.717) is 43.7 Å². The Bertz CT molecular complexity index is 914. The standard InChI is InChI=1S/C25H33N3O5/c1-27(2)24(29)8-9-25(30)28(16-20-5-4-11-26-14-20)15-19-6-7-22(31-3)23(13-19)33-18-21-10-12-32-17-21/h4-7,11,13-14,21H,8-10,12,15-18H2,1-3H3. The number of carbonyl (C=O) groups excluding carboxylic acids is 2. The average Bonchev–Trinajstić information content (AvgIpc) is 3.35. The molecule has 8 nitrogen and oxygen atoms in total.